The number of ether oxygens (including phenoxy) is 3. The van der Waals surface area contributed by atoms with Crippen LogP contribution < -0.4 is 4.74 Å². The van der Waals surface area contributed by atoms with Gasteiger partial charge in [0.2, 0.25) is 5.88 Å². The third-order valence-electron chi connectivity index (χ3n) is 8.08. The first kappa shape index (κ1) is 26.3. The van der Waals surface area contributed by atoms with Gasteiger partial charge in [0, 0.05) is 18.0 Å². The molecule has 208 valence electrons. The predicted octanol–water partition coefficient (Wildman–Crippen LogP) is 5.72. The quantitative estimate of drug-likeness (QED) is 0.377. The lowest BCUT2D eigenvalue weighted by atomic mass is 9.81. The molecule has 40 heavy (non-hydrogen) atoms. The highest BCUT2D eigenvalue weighted by molar-refractivity contribution is 6.00. The SMILES string of the molecule is COc1ncc(C(F)(F)F)cc1C(=O)C1CC2COCC(C1)N2C(=O)OCC1c2ccccc2-c2ccccc21. The second kappa shape index (κ2) is 10.2. The maximum Gasteiger partial charge on any atom is 0.417 e. The summed E-state index contributed by atoms with van der Waals surface area (Å²) in [5.74, 6) is -1.35. The van der Waals surface area contributed by atoms with E-state index in [1.54, 1.807) is 4.90 Å². The summed E-state index contributed by atoms with van der Waals surface area (Å²) in [6, 6.07) is 16.0. The van der Waals surface area contributed by atoms with Crippen molar-refractivity contribution < 1.29 is 37.0 Å². The van der Waals surface area contributed by atoms with Crippen molar-refractivity contribution in [2.24, 2.45) is 5.92 Å². The van der Waals surface area contributed by atoms with E-state index >= 15 is 0 Å². The maximum absolute atomic E-state index is 13.4. The molecule has 0 spiro atoms. The number of Topliss-reactive ketones (excluding diaryl/α,β-unsaturated/α-hetero) is 1. The number of amides is 1. The molecule has 6 rings (SSSR count). The Labute approximate surface area is 228 Å². The van der Waals surface area contributed by atoms with E-state index in [2.05, 4.69) is 17.1 Å². The van der Waals surface area contributed by atoms with Gasteiger partial charge in [0.15, 0.2) is 5.78 Å². The Morgan fingerprint density at radius 1 is 1.00 bits per heavy atom. The first-order valence-corrected chi connectivity index (χ1v) is 13.1. The van der Waals surface area contributed by atoms with Crippen molar-refractivity contribution in [3.05, 3.63) is 83.0 Å². The first-order chi connectivity index (χ1) is 19.3. The van der Waals surface area contributed by atoms with Crippen LogP contribution in [-0.2, 0) is 15.7 Å². The number of carbonyl (C=O) groups is 2. The molecule has 2 aromatic carbocycles. The Morgan fingerprint density at radius 3 is 2.17 bits per heavy atom. The molecule has 0 saturated carbocycles. The fourth-order valence-corrected chi connectivity index (χ4v) is 6.26. The number of pyridine rings is 1. The summed E-state index contributed by atoms with van der Waals surface area (Å²) < 4.78 is 56.6. The van der Waals surface area contributed by atoms with Gasteiger partial charge in [-0.1, -0.05) is 48.5 Å². The molecule has 10 heteroatoms. The van der Waals surface area contributed by atoms with Crippen LogP contribution in [0.4, 0.5) is 18.0 Å². The Morgan fingerprint density at radius 2 is 1.60 bits per heavy atom. The fourth-order valence-electron chi connectivity index (χ4n) is 6.26. The lowest BCUT2D eigenvalue weighted by molar-refractivity contribution is -0.137. The summed E-state index contributed by atoms with van der Waals surface area (Å²) in [5, 5.41) is 0. The molecule has 1 aromatic heterocycles. The van der Waals surface area contributed by atoms with E-state index in [1.807, 2.05) is 36.4 Å². The highest BCUT2D eigenvalue weighted by atomic mass is 19.4. The van der Waals surface area contributed by atoms with Crippen molar-refractivity contribution in [2.45, 2.75) is 37.0 Å². The van der Waals surface area contributed by atoms with Crippen molar-refractivity contribution in [3.63, 3.8) is 0 Å². The van der Waals surface area contributed by atoms with Gasteiger partial charge in [-0.2, -0.15) is 13.2 Å². The van der Waals surface area contributed by atoms with Crippen LogP contribution in [0.5, 0.6) is 5.88 Å². The number of methoxy groups -OCH3 is 1. The molecule has 3 aromatic rings. The first-order valence-electron chi connectivity index (χ1n) is 13.1. The highest BCUT2D eigenvalue weighted by Gasteiger charge is 2.45. The van der Waals surface area contributed by atoms with Crippen LogP contribution in [0.15, 0.2) is 60.8 Å². The average molecular weight is 553 g/mol. The second-order valence-corrected chi connectivity index (χ2v) is 10.4. The molecule has 2 saturated heterocycles. The normalized spacial score (nSPS) is 21.9. The number of piperidine rings is 1. The number of rotatable bonds is 5. The number of morpholine rings is 1. The minimum absolute atomic E-state index is 0.0903. The third-order valence-corrected chi connectivity index (χ3v) is 8.08. The summed E-state index contributed by atoms with van der Waals surface area (Å²) in [6.45, 7) is 0.587. The van der Waals surface area contributed by atoms with Crippen LogP contribution >= 0.6 is 0 Å². The zero-order valence-corrected chi connectivity index (χ0v) is 21.7. The van der Waals surface area contributed by atoms with Gasteiger partial charge in [0.05, 0.1) is 43.5 Å². The number of alkyl halides is 3. The lowest BCUT2D eigenvalue weighted by Crippen LogP contribution is -2.60. The van der Waals surface area contributed by atoms with Gasteiger partial charge in [-0.3, -0.25) is 9.69 Å². The number of hydrogen-bond acceptors (Lipinski definition) is 6. The van der Waals surface area contributed by atoms with Crippen molar-refractivity contribution >= 4 is 11.9 Å². The fraction of sp³-hybridized carbons (Fsp3) is 0.367. The summed E-state index contributed by atoms with van der Waals surface area (Å²) in [7, 11) is 1.26. The van der Waals surface area contributed by atoms with E-state index in [1.165, 1.54) is 7.11 Å². The number of halogens is 3. The lowest BCUT2D eigenvalue weighted by Gasteiger charge is -2.47. The van der Waals surface area contributed by atoms with Crippen LogP contribution in [0.25, 0.3) is 11.1 Å². The van der Waals surface area contributed by atoms with Gasteiger partial charge in [0.25, 0.3) is 0 Å². The van der Waals surface area contributed by atoms with Crippen LogP contribution in [0.3, 0.4) is 0 Å². The third kappa shape index (κ3) is 4.60. The number of ketones is 1. The molecule has 2 atom stereocenters. The van der Waals surface area contributed by atoms with Crippen LogP contribution in [0.2, 0.25) is 0 Å². The zero-order valence-electron chi connectivity index (χ0n) is 21.7. The Kier molecular flexibility index (Phi) is 6.74. The summed E-state index contributed by atoms with van der Waals surface area (Å²) in [5.41, 5.74) is 3.24. The summed E-state index contributed by atoms with van der Waals surface area (Å²) in [6.07, 6.45) is -4.01. The molecule has 0 N–H and O–H groups in total. The summed E-state index contributed by atoms with van der Waals surface area (Å²) in [4.78, 5) is 32.2. The molecule has 3 heterocycles. The van der Waals surface area contributed by atoms with Crippen molar-refractivity contribution in [1.29, 1.82) is 0 Å². The number of aromatic nitrogens is 1. The Balaban J connectivity index is 1.18. The van der Waals surface area contributed by atoms with E-state index in [-0.39, 0.29) is 50.0 Å². The van der Waals surface area contributed by atoms with Crippen LogP contribution in [0, 0.1) is 5.92 Å². The Bertz CT molecular complexity index is 1400. The van der Waals surface area contributed by atoms with Crippen LogP contribution in [-0.4, -0.2) is 60.8 Å². The van der Waals surface area contributed by atoms with Gasteiger partial charge in [-0.25, -0.2) is 9.78 Å². The minimum Gasteiger partial charge on any atom is -0.480 e. The molecule has 2 aliphatic heterocycles. The number of carbonyl (C=O) groups excluding carboxylic acids is 2. The van der Waals surface area contributed by atoms with E-state index in [4.69, 9.17) is 14.2 Å². The van der Waals surface area contributed by atoms with Crippen molar-refractivity contribution in [2.75, 3.05) is 26.9 Å². The number of nitrogens with zero attached hydrogens (tertiary/aromatic N) is 2. The highest BCUT2D eigenvalue weighted by Crippen LogP contribution is 2.45. The number of fused-ring (bicyclic) bond motifs is 5. The van der Waals surface area contributed by atoms with Gasteiger partial charge >= 0.3 is 12.3 Å². The zero-order chi connectivity index (χ0) is 28.0. The molecule has 7 nitrogen and oxygen atoms in total. The van der Waals surface area contributed by atoms with Gasteiger partial charge in [0.1, 0.15) is 6.61 Å². The standard InChI is InChI=1S/C30H27F3N2O5/c1-38-28-25(12-18(13-34-28)30(31,32)33)27(36)17-10-19-14-39-15-20(11-17)35(19)29(37)40-16-26-23-8-4-2-6-21(23)22-7-3-5-9-24(22)26/h2-9,12-13,17,19-20,26H,10-11,14-16H2,1H3. The van der Waals surface area contributed by atoms with Gasteiger partial charge in [-0.15, -0.1) is 0 Å². The summed E-state index contributed by atoms with van der Waals surface area (Å²) >= 11 is 0. The number of hydrogen-bond donors (Lipinski definition) is 0. The molecule has 1 aliphatic carbocycles. The smallest absolute Gasteiger partial charge is 0.417 e. The molecule has 2 fully saturated rings. The minimum atomic E-state index is -4.65. The molecule has 1 amide bonds. The monoisotopic (exact) mass is 552 g/mol. The predicted molar refractivity (Wildman–Crippen MR) is 138 cm³/mol. The van der Waals surface area contributed by atoms with E-state index in [0.29, 0.717) is 6.20 Å². The molecule has 2 bridgehead atoms. The van der Waals surface area contributed by atoms with Crippen molar-refractivity contribution in [1.82, 2.24) is 9.88 Å². The molecule has 0 radical (unpaired) electrons. The maximum atomic E-state index is 13.4. The topological polar surface area (TPSA) is 78.0 Å². The van der Waals surface area contributed by atoms with Gasteiger partial charge in [-0.05, 0) is 41.2 Å². The Hall–Kier alpha value is -3.92. The van der Waals surface area contributed by atoms with E-state index in [9.17, 15) is 22.8 Å². The van der Waals surface area contributed by atoms with Crippen molar-refractivity contribution in [3.8, 4) is 17.0 Å². The molecule has 2 unspecified atom stereocenters. The molecular formula is C30H27F3N2O5. The largest absolute Gasteiger partial charge is 0.480 e. The van der Waals surface area contributed by atoms with Crippen LogP contribution in [0.1, 0.15) is 45.8 Å². The number of benzene rings is 2. The van der Waals surface area contributed by atoms with E-state index < -0.39 is 41.6 Å². The van der Waals surface area contributed by atoms with E-state index in [0.717, 1.165) is 28.3 Å². The molecule has 3 aliphatic rings. The molecular weight excluding hydrogens is 525 g/mol. The van der Waals surface area contributed by atoms with Gasteiger partial charge < -0.3 is 14.2 Å². The average Bonchev–Trinajstić information content (AvgIpc) is 3.27. The second-order valence-electron chi connectivity index (χ2n) is 10.4.